The van der Waals surface area contributed by atoms with Crippen LogP contribution in [0, 0.1) is 0 Å². The molecule has 0 bridgehead atoms. The van der Waals surface area contributed by atoms with Gasteiger partial charge in [-0.05, 0) is 213 Å². The molecule has 0 atom stereocenters. The highest BCUT2D eigenvalue weighted by molar-refractivity contribution is 7.90. The van der Waals surface area contributed by atoms with Gasteiger partial charge in [0.05, 0.1) is 27.0 Å². The molecule has 24 heteroatoms. The van der Waals surface area contributed by atoms with Crippen LogP contribution in [-0.2, 0) is 36.0 Å². The van der Waals surface area contributed by atoms with Crippen molar-refractivity contribution in [2.75, 3.05) is 48.8 Å². The summed E-state index contributed by atoms with van der Waals surface area (Å²) in [5.74, 6) is 9.19. The lowest BCUT2D eigenvalue weighted by atomic mass is 10.2. The first-order chi connectivity index (χ1) is 57.2. The molecule has 18 rings (SSSR count). The Balaban J connectivity index is 0.000000123. The van der Waals surface area contributed by atoms with Crippen LogP contribution in [0.5, 0.6) is 23.0 Å². The van der Waals surface area contributed by atoms with Crippen molar-refractivity contribution in [2.24, 2.45) is 0 Å². The van der Waals surface area contributed by atoms with E-state index in [1.54, 1.807) is 18.2 Å². The second-order valence-electron chi connectivity index (χ2n) is 30.0. The molecule has 0 spiro atoms. The molecule has 8 N–H and O–H groups in total. The van der Waals surface area contributed by atoms with Crippen LogP contribution < -0.4 is 52.0 Å². The molecule has 0 aliphatic heterocycles. The number of nitrogens with zero attached hydrogens (tertiary/aromatic N) is 8. The van der Waals surface area contributed by atoms with E-state index in [2.05, 4.69) is 88.9 Å². The normalized spacial score (nSPS) is 14.4. The SMILES string of the molecule is CS(=O)(=O)c1ccc(CNc2nc(NC3CCCC3)c3ccccc3n2)cc1.Clc1cc(Cl)cc(CNc2nc(NC3CCCC3)c3ccccc3n2)c1.Clc1ccc(Oc2cccc(CNc3nc(NC4CCCC4)c4ccccc4n3)c2)cc1.c1ccc(Oc2ccc(CNc3nc(NC4CCCC4)c4ccccc4n3)cc2)cc1. The second-order valence-corrected chi connectivity index (χ2v) is 33.4. The predicted molar refractivity (Wildman–Crippen MR) is 478 cm³/mol. The Hall–Kier alpha value is -11.6. The van der Waals surface area contributed by atoms with Crippen molar-refractivity contribution in [2.45, 2.75) is 158 Å². The van der Waals surface area contributed by atoms with Crippen LogP contribution in [-0.4, -0.2) is 78.7 Å². The van der Waals surface area contributed by atoms with Crippen LogP contribution in [0.1, 0.15) is 125 Å². The quantitative estimate of drug-likeness (QED) is 0.0265. The molecule has 4 aliphatic carbocycles. The van der Waals surface area contributed by atoms with E-state index in [0.29, 0.717) is 94.1 Å². The fraction of sp³-hybridized carbons (Fsp3) is 0.269. The maximum Gasteiger partial charge on any atom is 0.225 e. The van der Waals surface area contributed by atoms with Crippen molar-refractivity contribution in [3.8, 4) is 23.0 Å². The molecule has 4 aromatic heterocycles. The first-order valence-corrected chi connectivity index (χ1v) is 43.4. The van der Waals surface area contributed by atoms with E-state index >= 15 is 0 Å². The summed E-state index contributed by atoms with van der Waals surface area (Å²) < 4.78 is 35.0. The van der Waals surface area contributed by atoms with Gasteiger partial charge in [-0.3, -0.25) is 0 Å². The third kappa shape index (κ3) is 22.9. The Morgan fingerprint density at radius 3 is 0.983 bits per heavy atom. The zero-order valence-corrected chi connectivity index (χ0v) is 68.4. The monoisotopic (exact) mass is 1640 g/mol. The average Bonchev–Trinajstić information content (AvgIpc) is 1.80. The summed E-state index contributed by atoms with van der Waals surface area (Å²) >= 11 is 18.1. The van der Waals surface area contributed by atoms with E-state index in [0.717, 1.165) is 112 Å². The summed E-state index contributed by atoms with van der Waals surface area (Å²) in [6.45, 7) is 2.32. The van der Waals surface area contributed by atoms with Crippen LogP contribution in [0.15, 0.2) is 248 Å². The van der Waals surface area contributed by atoms with Crippen molar-refractivity contribution in [3.63, 3.8) is 0 Å². The highest BCUT2D eigenvalue weighted by Crippen LogP contribution is 2.34. The van der Waals surface area contributed by atoms with Crippen LogP contribution in [0.4, 0.5) is 47.1 Å². The van der Waals surface area contributed by atoms with Gasteiger partial charge in [0.15, 0.2) is 9.84 Å². The Kier molecular flexibility index (Phi) is 27.1. The molecule has 4 fully saturated rings. The van der Waals surface area contributed by atoms with Gasteiger partial charge < -0.3 is 52.0 Å². The number of nitrogens with one attached hydrogen (secondary N) is 8. The molecule has 117 heavy (non-hydrogen) atoms. The van der Waals surface area contributed by atoms with Crippen molar-refractivity contribution < 1.29 is 17.9 Å². The Bertz CT molecular complexity index is 5740. The van der Waals surface area contributed by atoms with Crippen molar-refractivity contribution in [1.82, 2.24) is 39.9 Å². The van der Waals surface area contributed by atoms with Crippen LogP contribution in [0.3, 0.4) is 0 Å². The summed E-state index contributed by atoms with van der Waals surface area (Å²) in [7, 11) is -3.18. The number of rotatable bonds is 25. The Morgan fingerprint density at radius 1 is 0.299 bits per heavy atom. The van der Waals surface area contributed by atoms with Gasteiger partial charge in [0, 0.05) is 93.2 Å². The summed E-state index contributed by atoms with van der Waals surface area (Å²) in [6.07, 6.45) is 21.0. The lowest BCUT2D eigenvalue weighted by Crippen LogP contribution is -2.17. The number of fused-ring (bicyclic) bond motifs is 4. The summed E-state index contributed by atoms with van der Waals surface area (Å²) in [4.78, 5) is 38.0. The van der Waals surface area contributed by atoms with E-state index in [4.69, 9.17) is 74.2 Å². The molecule has 598 valence electrons. The van der Waals surface area contributed by atoms with Gasteiger partial charge in [0.25, 0.3) is 0 Å². The van der Waals surface area contributed by atoms with Gasteiger partial charge in [0.1, 0.15) is 46.3 Å². The van der Waals surface area contributed by atoms with Gasteiger partial charge in [-0.1, -0.05) is 189 Å². The molecule has 0 saturated heterocycles. The van der Waals surface area contributed by atoms with Crippen molar-refractivity contribution in [3.05, 3.63) is 280 Å². The molecule has 0 amide bonds. The first kappa shape index (κ1) is 80.6. The number of hydrogen-bond acceptors (Lipinski definition) is 20. The fourth-order valence-corrected chi connectivity index (χ4v) is 16.4. The van der Waals surface area contributed by atoms with E-state index in [-0.39, 0.29) is 0 Å². The molecule has 14 aromatic rings. The molecule has 4 heterocycles. The smallest absolute Gasteiger partial charge is 0.225 e. The molecule has 10 aromatic carbocycles. The minimum atomic E-state index is -3.18. The van der Waals surface area contributed by atoms with Crippen LogP contribution in [0.25, 0.3) is 43.6 Å². The van der Waals surface area contributed by atoms with Gasteiger partial charge >= 0.3 is 0 Å². The Labute approximate surface area is 698 Å². The lowest BCUT2D eigenvalue weighted by molar-refractivity contribution is 0.482. The number of para-hydroxylation sites is 5. The number of ether oxygens (including phenoxy) is 2. The Morgan fingerprint density at radius 2 is 0.607 bits per heavy atom. The lowest BCUT2D eigenvalue weighted by Gasteiger charge is -2.16. The second kappa shape index (κ2) is 39.3. The third-order valence-electron chi connectivity index (χ3n) is 21.1. The molecule has 4 aliphatic rings. The maximum absolute atomic E-state index is 11.6. The maximum atomic E-state index is 11.6. The van der Waals surface area contributed by atoms with Gasteiger partial charge in [-0.25, -0.2) is 28.4 Å². The van der Waals surface area contributed by atoms with Gasteiger partial charge in [-0.2, -0.15) is 19.9 Å². The number of aromatic nitrogens is 8. The third-order valence-corrected chi connectivity index (χ3v) is 22.9. The largest absolute Gasteiger partial charge is 0.457 e. The number of benzene rings is 10. The predicted octanol–water partition coefficient (Wildman–Crippen LogP) is 23.3. The molecule has 4 saturated carbocycles. The number of sulfone groups is 1. The first-order valence-electron chi connectivity index (χ1n) is 40.4. The van der Waals surface area contributed by atoms with Gasteiger partial charge in [0.2, 0.25) is 23.8 Å². The number of anilines is 8. The zero-order valence-electron chi connectivity index (χ0n) is 65.3. The summed E-state index contributed by atoms with van der Waals surface area (Å²) in [5.41, 5.74) is 7.89. The van der Waals surface area contributed by atoms with E-state index in [1.807, 2.05) is 188 Å². The summed E-state index contributed by atoms with van der Waals surface area (Å²) in [6, 6.07) is 80.0. The van der Waals surface area contributed by atoms with E-state index in [9.17, 15) is 8.42 Å². The minimum absolute atomic E-state index is 0.321. The van der Waals surface area contributed by atoms with Crippen LogP contribution >= 0.6 is 34.8 Å². The van der Waals surface area contributed by atoms with Crippen LogP contribution in [0.2, 0.25) is 15.1 Å². The molecular weight excluding hydrogens is 1540 g/mol. The van der Waals surface area contributed by atoms with Gasteiger partial charge in [-0.15, -0.1) is 0 Å². The number of halogens is 3. The van der Waals surface area contributed by atoms with Crippen molar-refractivity contribution >= 4 is 135 Å². The van der Waals surface area contributed by atoms with E-state index < -0.39 is 9.84 Å². The van der Waals surface area contributed by atoms with Crippen molar-refractivity contribution in [1.29, 1.82) is 0 Å². The molecule has 0 unspecified atom stereocenters. The summed E-state index contributed by atoms with van der Waals surface area (Å²) in [5, 5.41) is 33.9. The topological polar surface area (TPSA) is 252 Å². The van der Waals surface area contributed by atoms with E-state index in [1.165, 1.54) is 109 Å². The standard InChI is InChI=1S/C26H25ClN4O.C26H26N4O.C21H24N4O2S.C20H20Cl2N4/c27-19-12-14-21(15-13-19)32-22-9-5-6-18(16-22)17-28-26-30-24-11-4-3-10-23(24)25(31-26)29-20-7-1-2-8-20;1-2-10-21(11-3-1)31-22-16-14-19(15-17-22)18-27-26-29-24-13-7-6-12-23(24)25(30-26)28-20-8-4-5-9-20;1-28(26,27)17-12-10-15(11-13-17)14-22-21-24-19-9-5-4-8-18(19)20(25-21)23-16-6-2-3-7-16;21-14-9-13(10-15(22)11-14)12-23-20-25-18-8-4-3-7-17(18)19(26-20)24-16-5-1-2-6-16/h3-6,9-16,20H,1-2,7-8,17H2,(H2,28,29,30,31);1-3,6-7,10-17,20H,4-5,8-9,18H2,(H2,27,28,29,30);4-5,8-13,16H,2-3,6-7,14H2,1H3,(H2,22,23,24,25);3-4,7-11,16H,1-2,5-6,12H2,(H2,23,24,25,26). The highest BCUT2D eigenvalue weighted by atomic mass is 35.5. The average molecular weight is 1640 g/mol. The minimum Gasteiger partial charge on any atom is -0.457 e. The molecule has 0 radical (unpaired) electrons. The molecular formula is C93H95Cl3N16O4S. The zero-order chi connectivity index (χ0) is 80.1. The molecule has 20 nitrogen and oxygen atoms in total. The number of hydrogen-bond donors (Lipinski definition) is 8. The fourth-order valence-electron chi connectivity index (χ4n) is 15.1. The highest BCUT2D eigenvalue weighted by Gasteiger charge is 2.23.